The predicted molar refractivity (Wildman–Crippen MR) is 89.5 cm³/mol. The normalized spacial score (nSPS) is 18.4. The molecule has 0 amide bonds. The SMILES string of the molecule is CCC(C)c1cccc(C(C)C)c1CC1CCCCC1. The Morgan fingerprint density at radius 1 is 1.00 bits per heavy atom. The lowest BCUT2D eigenvalue weighted by Gasteiger charge is -2.27. The molecule has 0 heteroatoms. The maximum Gasteiger partial charge on any atom is -0.0190 e. The third kappa shape index (κ3) is 3.65. The summed E-state index contributed by atoms with van der Waals surface area (Å²) in [5.41, 5.74) is 4.93. The van der Waals surface area contributed by atoms with Gasteiger partial charge in [-0.2, -0.15) is 0 Å². The fourth-order valence-electron chi connectivity index (χ4n) is 3.76. The zero-order valence-corrected chi connectivity index (χ0v) is 13.9. The van der Waals surface area contributed by atoms with Gasteiger partial charge < -0.3 is 0 Å². The van der Waals surface area contributed by atoms with E-state index in [1.54, 1.807) is 16.7 Å². The Morgan fingerprint density at radius 2 is 1.65 bits per heavy atom. The van der Waals surface area contributed by atoms with Gasteiger partial charge in [-0.05, 0) is 47.3 Å². The minimum Gasteiger partial charge on any atom is -0.0648 e. The second-order valence-corrected chi connectivity index (χ2v) is 7.09. The van der Waals surface area contributed by atoms with Gasteiger partial charge in [0.25, 0.3) is 0 Å². The van der Waals surface area contributed by atoms with Crippen molar-refractivity contribution in [2.24, 2.45) is 5.92 Å². The summed E-state index contributed by atoms with van der Waals surface area (Å²) < 4.78 is 0. The largest absolute Gasteiger partial charge is 0.0648 e. The van der Waals surface area contributed by atoms with Gasteiger partial charge >= 0.3 is 0 Å². The third-order valence-corrected chi connectivity index (χ3v) is 5.23. The molecule has 1 atom stereocenters. The monoisotopic (exact) mass is 272 g/mol. The molecule has 1 saturated carbocycles. The van der Waals surface area contributed by atoms with Crippen LogP contribution in [0.25, 0.3) is 0 Å². The Labute approximate surface area is 126 Å². The zero-order valence-electron chi connectivity index (χ0n) is 13.9. The maximum absolute atomic E-state index is 2.39. The minimum absolute atomic E-state index is 0.651. The van der Waals surface area contributed by atoms with Crippen molar-refractivity contribution in [3.63, 3.8) is 0 Å². The van der Waals surface area contributed by atoms with E-state index in [0.717, 1.165) is 5.92 Å². The van der Waals surface area contributed by atoms with Gasteiger partial charge in [0.2, 0.25) is 0 Å². The van der Waals surface area contributed by atoms with Crippen LogP contribution in [0.1, 0.15) is 94.7 Å². The smallest absolute Gasteiger partial charge is 0.0190 e. The molecule has 0 aliphatic heterocycles. The summed E-state index contributed by atoms with van der Waals surface area (Å²) in [5, 5.41) is 0. The van der Waals surface area contributed by atoms with Crippen molar-refractivity contribution in [2.45, 2.75) is 84.5 Å². The molecular weight excluding hydrogens is 240 g/mol. The van der Waals surface area contributed by atoms with E-state index in [0.29, 0.717) is 11.8 Å². The Bertz CT molecular complexity index is 410. The minimum atomic E-state index is 0.651. The van der Waals surface area contributed by atoms with Crippen molar-refractivity contribution in [1.29, 1.82) is 0 Å². The third-order valence-electron chi connectivity index (χ3n) is 5.23. The van der Waals surface area contributed by atoms with E-state index < -0.39 is 0 Å². The van der Waals surface area contributed by atoms with Gasteiger partial charge in [0.05, 0.1) is 0 Å². The quantitative estimate of drug-likeness (QED) is 0.578. The molecule has 0 saturated heterocycles. The summed E-state index contributed by atoms with van der Waals surface area (Å²) in [6, 6.07) is 7.04. The highest BCUT2D eigenvalue weighted by Crippen LogP contribution is 2.34. The van der Waals surface area contributed by atoms with E-state index in [9.17, 15) is 0 Å². The summed E-state index contributed by atoms with van der Waals surface area (Å²) in [6.45, 7) is 9.40. The first-order valence-corrected chi connectivity index (χ1v) is 8.75. The molecule has 1 aromatic rings. The molecule has 0 radical (unpaired) electrons. The van der Waals surface area contributed by atoms with Gasteiger partial charge in [-0.15, -0.1) is 0 Å². The highest BCUT2D eigenvalue weighted by Gasteiger charge is 2.20. The Kier molecular flexibility index (Phi) is 5.69. The molecule has 1 aromatic carbocycles. The van der Waals surface area contributed by atoms with E-state index in [1.165, 1.54) is 44.9 Å². The van der Waals surface area contributed by atoms with Crippen molar-refractivity contribution in [3.05, 3.63) is 34.9 Å². The lowest BCUT2D eigenvalue weighted by Crippen LogP contribution is -2.13. The average molecular weight is 272 g/mol. The van der Waals surface area contributed by atoms with Crippen LogP contribution < -0.4 is 0 Å². The second-order valence-electron chi connectivity index (χ2n) is 7.09. The molecule has 0 spiro atoms. The Morgan fingerprint density at radius 3 is 2.25 bits per heavy atom. The molecule has 112 valence electrons. The molecule has 1 fully saturated rings. The van der Waals surface area contributed by atoms with Crippen LogP contribution in [0.15, 0.2) is 18.2 Å². The zero-order chi connectivity index (χ0) is 14.5. The van der Waals surface area contributed by atoms with E-state index in [2.05, 4.69) is 45.9 Å². The van der Waals surface area contributed by atoms with Crippen LogP contribution in [0.3, 0.4) is 0 Å². The Hall–Kier alpha value is -0.780. The number of rotatable bonds is 5. The van der Waals surface area contributed by atoms with Crippen molar-refractivity contribution in [2.75, 3.05) is 0 Å². The summed E-state index contributed by atoms with van der Waals surface area (Å²) in [5.74, 6) is 2.29. The van der Waals surface area contributed by atoms with Crippen LogP contribution in [0.4, 0.5) is 0 Å². The van der Waals surface area contributed by atoms with Gasteiger partial charge in [-0.3, -0.25) is 0 Å². The molecule has 0 heterocycles. The molecular formula is C20H32. The Balaban J connectivity index is 2.30. The number of benzene rings is 1. The molecule has 1 aliphatic carbocycles. The topological polar surface area (TPSA) is 0 Å². The molecule has 1 aliphatic rings. The van der Waals surface area contributed by atoms with Gasteiger partial charge in [0.15, 0.2) is 0 Å². The van der Waals surface area contributed by atoms with E-state index in [4.69, 9.17) is 0 Å². The molecule has 1 unspecified atom stereocenters. The van der Waals surface area contributed by atoms with Crippen LogP contribution in [0, 0.1) is 5.92 Å². The lowest BCUT2D eigenvalue weighted by atomic mass is 9.79. The van der Waals surface area contributed by atoms with Crippen LogP contribution >= 0.6 is 0 Å². The first-order valence-electron chi connectivity index (χ1n) is 8.75. The summed E-state index contributed by atoms with van der Waals surface area (Å²) in [7, 11) is 0. The second kappa shape index (κ2) is 7.29. The maximum atomic E-state index is 2.39. The highest BCUT2D eigenvalue weighted by molar-refractivity contribution is 5.39. The summed E-state index contributed by atoms with van der Waals surface area (Å²) >= 11 is 0. The summed E-state index contributed by atoms with van der Waals surface area (Å²) in [6.07, 6.45) is 9.84. The van der Waals surface area contributed by atoms with Gasteiger partial charge in [-0.1, -0.05) is 78.0 Å². The van der Waals surface area contributed by atoms with Crippen molar-refractivity contribution < 1.29 is 0 Å². The van der Waals surface area contributed by atoms with Crippen molar-refractivity contribution in [1.82, 2.24) is 0 Å². The van der Waals surface area contributed by atoms with Crippen molar-refractivity contribution >= 4 is 0 Å². The molecule has 0 nitrogen and oxygen atoms in total. The summed E-state index contributed by atoms with van der Waals surface area (Å²) in [4.78, 5) is 0. The number of hydrogen-bond acceptors (Lipinski definition) is 0. The van der Waals surface area contributed by atoms with Gasteiger partial charge in [0.1, 0.15) is 0 Å². The average Bonchev–Trinajstić information content (AvgIpc) is 2.47. The molecule has 0 bridgehead atoms. The standard InChI is InChI=1S/C20H32/c1-5-16(4)19-13-9-12-18(15(2)3)20(19)14-17-10-7-6-8-11-17/h9,12-13,15-17H,5-8,10-11,14H2,1-4H3. The van der Waals surface area contributed by atoms with Gasteiger partial charge in [-0.25, -0.2) is 0 Å². The van der Waals surface area contributed by atoms with Gasteiger partial charge in [0, 0.05) is 0 Å². The predicted octanol–water partition coefficient (Wildman–Crippen LogP) is 6.45. The molecule has 0 aromatic heterocycles. The van der Waals surface area contributed by atoms with E-state index >= 15 is 0 Å². The van der Waals surface area contributed by atoms with Crippen LogP contribution in [0.2, 0.25) is 0 Å². The van der Waals surface area contributed by atoms with E-state index in [-0.39, 0.29) is 0 Å². The fraction of sp³-hybridized carbons (Fsp3) is 0.700. The van der Waals surface area contributed by atoms with Crippen molar-refractivity contribution in [3.8, 4) is 0 Å². The van der Waals surface area contributed by atoms with Crippen LogP contribution in [0.5, 0.6) is 0 Å². The number of hydrogen-bond donors (Lipinski definition) is 0. The fourth-order valence-corrected chi connectivity index (χ4v) is 3.76. The first-order chi connectivity index (χ1) is 9.63. The van der Waals surface area contributed by atoms with E-state index in [1.807, 2.05) is 0 Å². The first kappa shape index (κ1) is 15.6. The molecule has 20 heavy (non-hydrogen) atoms. The van der Waals surface area contributed by atoms with Crippen LogP contribution in [-0.2, 0) is 6.42 Å². The lowest BCUT2D eigenvalue weighted by molar-refractivity contribution is 0.354. The van der Waals surface area contributed by atoms with Crippen LogP contribution in [-0.4, -0.2) is 0 Å². The molecule has 0 N–H and O–H groups in total. The molecule has 2 rings (SSSR count). The highest BCUT2D eigenvalue weighted by atomic mass is 14.3.